The fraction of sp³-hybridized carbons (Fsp3) is 1.00. The highest BCUT2D eigenvalue weighted by molar-refractivity contribution is 5.08. The van der Waals surface area contributed by atoms with Gasteiger partial charge in [0.1, 0.15) is 0 Å². The Morgan fingerprint density at radius 2 is 2.06 bits per heavy atom. The van der Waals surface area contributed by atoms with Crippen molar-refractivity contribution in [3.05, 3.63) is 0 Å². The van der Waals surface area contributed by atoms with Gasteiger partial charge in [-0.05, 0) is 38.0 Å². The Bertz CT molecular complexity index is 318. The second-order valence-corrected chi connectivity index (χ2v) is 7.17. The number of rotatable bonds is 3. The van der Waals surface area contributed by atoms with Crippen molar-refractivity contribution in [2.24, 2.45) is 17.1 Å². The number of hydrogen-bond acceptors (Lipinski definition) is 3. The highest BCUT2D eigenvalue weighted by Crippen LogP contribution is 2.50. The van der Waals surface area contributed by atoms with Gasteiger partial charge in [0.05, 0.1) is 5.60 Å². The van der Waals surface area contributed by atoms with E-state index in [2.05, 4.69) is 11.8 Å². The van der Waals surface area contributed by atoms with Gasteiger partial charge < -0.3 is 10.8 Å². The summed E-state index contributed by atoms with van der Waals surface area (Å²) in [6.07, 6.45) is 8.41. The Labute approximate surface area is 111 Å². The number of hydrogen-bond donors (Lipinski definition) is 2. The molecule has 1 saturated heterocycles. The van der Waals surface area contributed by atoms with Gasteiger partial charge in [-0.2, -0.15) is 0 Å². The predicted molar refractivity (Wildman–Crippen MR) is 73.3 cm³/mol. The Morgan fingerprint density at radius 3 is 2.67 bits per heavy atom. The molecule has 1 aliphatic heterocycles. The highest BCUT2D eigenvalue weighted by Gasteiger charge is 2.55. The molecule has 0 bridgehead atoms. The maximum Gasteiger partial charge on any atom is 0.0854 e. The van der Waals surface area contributed by atoms with E-state index in [1.165, 1.54) is 25.7 Å². The summed E-state index contributed by atoms with van der Waals surface area (Å²) in [7, 11) is 0. The number of nitrogens with two attached hydrogens (primary N) is 1. The maximum absolute atomic E-state index is 11.2. The molecule has 0 aromatic rings. The quantitative estimate of drug-likeness (QED) is 0.804. The lowest BCUT2D eigenvalue weighted by atomic mass is 9.60. The van der Waals surface area contributed by atoms with Crippen molar-refractivity contribution in [1.29, 1.82) is 0 Å². The SMILES string of the molecule is CC1CCCC(CN)(C2(O)CCN(C3CC3)C2)C1. The van der Waals surface area contributed by atoms with E-state index >= 15 is 0 Å². The molecule has 3 atom stereocenters. The summed E-state index contributed by atoms with van der Waals surface area (Å²) in [6.45, 7) is 4.94. The zero-order valence-corrected chi connectivity index (χ0v) is 11.7. The third-order valence-corrected chi connectivity index (χ3v) is 5.81. The van der Waals surface area contributed by atoms with Crippen LogP contribution in [0.3, 0.4) is 0 Å². The largest absolute Gasteiger partial charge is 0.388 e. The first-order chi connectivity index (χ1) is 8.59. The Kier molecular flexibility index (Phi) is 3.20. The molecule has 0 radical (unpaired) electrons. The van der Waals surface area contributed by atoms with Crippen LogP contribution in [0.2, 0.25) is 0 Å². The van der Waals surface area contributed by atoms with Crippen LogP contribution in [-0.2, 0) is 0 Å². The Hall–Kier alpha value is -0.120. The molecule has 2 saturated carbocycles. The van der Waals surface area contributed by atoms with E-state index in [4.69, 9.17) is 5.73 Å². The first kappa shape index (κ1) is 12.9. The lowest BCUT2D eigenvalue weighted by Gasteiger charge is -2.49. The number of β-amino-alcohol motifs (C(OH)–C–C–N with tert-alkyl or cyclic N) is 1. The van der Waals surface area contributed by atoms with Crippen LogP contribution < -0.4 is 5.73 Å². The van der Waals surface area contributed by atoms with Gasteiger partial charge in [-0.25, -0.2) is 0 Å². The fourth-order valence-electron chi connectivity index (χ4n) is 4.46. The lowest BCUT2D eigenvalue weighted by Crippen LogP contribution is -2.56. The number of likely N-dealkylation sites (tertiary alicyclic amines) is 1. The molecule has 2 aliphatic carbocycles. The summed E-state index contributed by atoms with van der Waals surface area (Å²) in [5.41, 5.74) is 5.60. The minimum Gasteiger partial charge on any atom is -0.388 e. The van der Waals surface area contributed by atoms with Crippen molar-refractivity contribution in [3.8, 4) is 0 Å². The molecule has 3 fully saturated rings. The van der Waals surface area contributed by atoms with Crippen molar-refractivity contribution in [3.63, 3.8) is 0 Å². The standard InChI is InChI=1S/C15H28N2O/c1-12-3-2-6-14(9-12,10-16)15(18)7-8-17(11-15)13-4-5-13/h12-13,18H,2-11,16H2,1H3. The van der Waals surface area contributed by atoms with Gasteiger partial charge in [-0.15, -0.1) is 0 Å². The zero-order valence-electron chi connectivity index (χ0n) is 11.7. The minimum atomic E-state index is -0.515. The van der Waals surface area contributed by atoms with Gasteiger partial charge in [0.25, 0.3) is 0 Å². The monoisotopic (exact) mass is 252 g/mol. The van der Waals surface area contributed by atoms with E-state index in [9.17, 15) is 5.11 Å². The molecule has 1 heterocycles. The van der Waals surface area contributed by atoms with Crippen molar-refractivity contribution in [2.75, 3.05) is 19.6 Å². The van der Waals surface area contributed by atoms with Gasteiger partial charge >= 0.3 is 0 Å². The zero-order chi connectivity index (χ0) is 12.8. The molecule has 3 aliphatic rings. The van der Waals surface area contributed by atoms with E-state index in [0.717, 1.165) is 44.3 Å². The van der Waals surface area contributed by atoms with Crippen LogP contribution in [0.1, 0.15) is 51.9 Å². The van der Waals surface area contributed by atoms with Crippen molar-refractivity contribution < 1.29 is 5.11 Å². The molecule has 0 aromatic carbocycles. The van der Waals surface area contributed by atoms with Crippen molar-refractivity contribution >= 4 is 0 Å². The van der Waals surface area contributed by atoms with E-state index in [1.54, 1.807) is 0 Å². The van der Waals surface area contributed by atoms with Crippen LogP contribution in [0.4, 0.5) is 0 Å². The highest BCUT2D eigenvalue weighted by atomic mass is 16.3. The van der Waals surface area contributed by atoms with Gasteiger partial charge in [-0.1, -0.05) is 19.8 Å². The molecule has 0 aromatic heterocycles. The van der Waals surface area contributed by atoms with Crippen LogP contribution in [0.5, 0.6) is 0 Å². The van der Waals surface area contributed by atoms with E-state index < -0.39 is 5.60 Å². The molecular formula is C15H28N2O. The first-order valence-electron chi connectivity index (χ1n) is 7.75. The van der Waals surface area contributed by atoms with Gasteiger partial charge in [0.2, 0.25) is 0 Å². The maximum atomic E-state index is 11.2. The van der Waals surface area contributed by atoms with Crippen LogP contribution in [0.15, 0.2) is 0 Å². The minimum absolute atomic E-state index is 0.00565. The number of aliphatic hydroxyl groups is 1. The van der Waals surface area contributed by atoms with E-state index in [-0.39, 0.29) is 5.41 Å². The molecule has 3 N–H and O–H groups in total. The lowest BCUT2D eigenvalue weighted by molar-refractivity contribution is -0.0989. The van der Waals surface area contributed by atoms with Crippen LogP contribution in [-0.4, -0.2) is 41.3 Å². The number of nitrogens with zero attached hydrogens (tertiary/aromatic N) is 1. The van der Waals surface area contributed by atoms with Gasteiger partial charge in [-0.3, -0.25) is 4.90 Å². The average molecular weight is 252 g/mol. The van der Waals surface area contributed by atoms with E-state index in [0.29, 0.717) is 6.54 Å². The smallest absolute Gasteiger partial charge is 0.0854 e. The second-order valence-electron chi connectivity index (χ2n) is 7.17. The van der Waals surface area contributed by atoms with Crippen LogP contribution in [0, 0.1) is 11.3 Å². The second kappa shape index (κ2) is 4.46. The topological polar surface area (TPSA) is 49.5 Å². The molecule has 3 heteroatoms. The van der Waals surface area contributed by atoms with Crippen LogP contribution >= 0.6 is 0 Å². The molecule has 0 spiro atoms. The normalized spacial score (nSPS) is 46.5. The molecular weight excluding hydrogens is 224 g/mol. The molecule has 3 unspecified atom stereocenters. The van der Waals surface area contributed by atoms with Gasteiger partial charge in [0.15, 0.2) is 0 Å². The predicted octanol–water partition coefficient (Wildman–Crippen LogP) is 1.74. The first-order valence-corrected chi connectivity index (χ1v) is 7.75. The fourth-order valence-corrected chi connectivity index (χ4v) is 4.46. The molecule has 3 rings (SSSR count). The average Bonchev–Trinajstić information content (AvgIpc) is 3.13. The summed E-state index contributed by atoms with van der Waals surface area (Å²) in [5.74, 6) is 0.723. The Morgan fingerprint density at radius 1 is 1.28 bits per heavy atom. The third-order valence-electron chi connectivity index (χ3n) is 5.81. The third kappa shape index (κ3) is 2.00. The van der Waals surface area contributed by atoms with E-state index in [1.807, 2.05) is 0 Å². The Balaban J connectivity index is 1.77. The molecule has 18 heavy (non-hydrogen) atoms. The van der Waals surface area contributed by atoms with Gasteiger partial charge in [0, 0.05) is 31.1 Å². The van der Waals surface area contributed by atoms with Crippen molar-refractivity contribution in [1.82, 2.24) is 4.90 Å². The molecule has 0 amide bonds. The molecule has 3 nitrogen and oxygen atoms in total. The summed E-state index contributed by atoms with van der Waals surface area (Å²) in [5, 5.41) is 11.2. The summed E-state index contributed by atoms with van der Waals surface area (Å²) in [4.78, 5) is 2.51. The van der Waals surface area contributed by atoms with Crippen molar-refractivity contribution in [2.45, 2.75) is 63.5 Å². The van der Waals surface area contributed by atoms with Crippen LogP contribution in [0.25, 0.3) is 0 Å². The summed E-state index contributed by atoms with van der Waals surface area (Å²) >= 11 is 0. The summed E-state index contributed by atoms with van der Waals surface area (Å²) in [6, 6.07) is 0.773. The summed E-state index contributed by atoms with van der Waals surface area (Å²) < 4.78 is 0. The molecule has 104 valence electrons.